The molecule has 1 fully saturated rings. The van der Waals surface area contributed by atoms with Crippen molar-refractivity contribution in [3.63, 3.8) is 0 Å². The van der Waals surface area contributed by atoms with Crippen LogP contribution in [0.2, 0.25) is 0 Å². The highest BCUT2D eigenvalue weighted by atomic mass is 32.2. The van der Waals surface area contributed by atoms with Gasteiger partial charge in [-0.2, -0.15) is 4.31 Å². The molecule has 0 saturated carbocycles. The van der Waals surface area contributed by atoms with Crippen LogP contribution in [0.25, 0.3) is 0 Å². The molecule has 1 aliphatic heterocycles. The van der Waals surface area contributed by atoms with Gasteiger partial charge >= 0.3 is 0 Å². The molecule has 1 aromatic carbocycles. The largest absolute Gasteiger partial charge is 0.302 e. The number of sulfonamides is 1. The molecule has 0 radical (unpaired) electrons. The molecular formula is C12H18N2O2S. The van der Waals surface area contributed by atoms with Crippen LogP contribution < -0.4 is 5.32 Å². The SMILES string of the molecule is CC(C)C1CNCN1S(=O)(=O)c1ccccc1. The molecule has 1 N–H and O–H groups in total. The van der Waals surface area contributed by atoms with Crippen LogP contribution in [0.4, 0.5) is 0 Å². The first-order chi connectivity index (χ1) is 8.03. The quantitative estimate of drug-likeness (QED) is 0.883. The van der Waals surface area contributed by atoms with Crippen molar-refractivity contribution in [3.8, 4) is 0 Å². The zero-order chi connectivity index (χ0) is 12.5. The summed E-state index contributed by atoms with van der Waals surface area (Å²) in [4.78, 5) is 0.370. The van der Waals surface area contributed by atoms with E-state index >= 15 is 0 Å². The van der Waals surface area contributed by atoms with Gasteiger partial charge in [-0.25, -0.2) is 8.42 Å². The van der Waals surface area contributed by atoms with Crippen LogP contribution in [0.15, 0.2) is 35.2 Å². The predicted molar refractivity (Wildman–Crippen MR) is 67.0 cm³/mol. The van der Waals surface area contributed by atoms with Gasteiger partial charge < -0.3 is 5.32 Å². The Labute approximate surface area is 103 Å². The molecule has 1 aliphatic rings. The van der Waals surface area contributed by atoms with E-state index in [0.29, 0.717) is 17.5 Å². The normalized spacial score (nSPS) is 22.2. The van der Waals surface area contributed by atoms with E-state index in [2.05, 4.69) is 5.32 Å². The van der Waals surface area contributed by atoms with Gasteiger partial charge in [-0.05, 0) is 18.1 Å². The van der Waals surface area contributed by atoms with Crippen molar-refractivity contribution in [3.05, 3.63) is 30.3 Å². The van der Waals surface area contributed by atoms with Gasteiger partial charge in [-0.15, -0.1) is 0 Å². The minimum Gasteiger partial charge on any atom is -0.302 e. The molecule has 0 spiro atoms. The number of benzene rings is 1. The summed E-state index contributed by atoms with van der Waals surface area (Å²) in [5.41, 5.74) is 0. The number of hydrogen-bond acceptors (Lipinski definition) is 3. The van der Waals surface area contributed by atoms with E-state index in [0.717, 1.165) is 6.54 Å². The molecule has 0 aromatic heterocycles. The lowest BCUT2D eigenvalue weighted by molar-refractivity contribution is 0.326. The molecule has 1 heterocycles. The van der Waals surface area contributed by atoms with Gasteiger partial charge in [-0.3, -0.25) is 0 Å². The van der Waals surface area contributed by atoms with Crippen molar-refractivity contribution in [2.24, 2.45) is 5.92 Å². The third kappa shape index (κ3) is 2.36. The van der Waals surface area contributed by atoms with Gasteiger partial charge in [0.05, 0.1) is 11.6 Å². The molecule has 94 valence electrons. The highest BCUT2D eigenvalue weighted by Crippen LogP contribution is 2.23. The lowest BCUT2D eigenvalue weighted by Gasteiger charge is -2.25. The van der Waals surface area contributed by atoms with E-state index in [-0.39, 0.29) is 6.04 Å². The first-order valence-corrected chi connectivity index (χ1v) is 7.25. The minimum atomic E-state index is -3.36. The van der Waals surface area contributed by atoms with Gasteiger partial charge in [0, 0.05) is 12.6 Å². The molecule has 0 aliphatic carbocycles. The number of hydrogen-bond donors (Lipinski definition) is 1. The summed E-state index contributed by atoms with van der Waals surface area (Å²) in [6, 6.07) is 8.65. The molecule has 1 atom stereocenters. The van der Waals surface area contributed by atoms with Crippen LogP contribution >= 0.6 is 0 Å². The second-order valence-electron chi connectivity index (χ2n) is 4.63. The first-order valence-electron chi connectivity index (χ1n) is 5.81. The standard InChI is InChI=1S/C12H18N2O2S/c1-10(2)12-8-13-9-14(12)17(15,16)11-6-4-3-5-7-11/h3-7,10,12-13H,8-9H2,1-2H3. The summed E-state index contributed by atoms with van der Waals surface area (Å²) < 4.78 is 26.4. The summed E-state index contributed by atoms with van der Waals surface area (Å²) in [5.74, 6) is 0.309. The Kier molecular flexibility index (Phi) is 3.51. The maximum atomic E-state index is 12.4. The Bertz CT molecular complexity index is 471. The lowest BCUT2D eigenvalue weighted by Crippen LogP contribution is -2.39. The van der Waals surface area contributed by atoms with Crippen LogP contribution in [0.3, 0.4) is 0 Å². The molecule has 4 nitrogen and oxygen atoms in total. The Morgan fingerprint density at radius 1 is 1.29 bits per heavy atom. The monoisotopic (exact) mass is 254 g/mol. The van der Waals surface area contributed by atoms with E-state index in [1.807, 2.05) is 19.9 Å². The Morgan fingerprint density at radius 2 is 1.94 bits per heavy atom. The second kappa shape index (κ2) is 4.76. The van der Waals surface area contributed by atoms with Gasteiger partial charge in [0.15, 0.2) is 0 Å². The van der Waals surface area contributed by atoms with Crippen LogP contribution in [-0.2, 0) is 10.0 Å². The van der Waals surface area contributed by atoms with E-state index in [1.165, 1.54) is 0 Å². The van der Waals surface area contributed by atoms with Crippen LogP contribution in [0.5, 0.6) is 0 Å². The summed E-state index contributed by atoms with van der Waals surface area (Å²) in [6.07, 6.45) is 0. The molecule has 0 bridgehead atoms. The zero-order valence-electron chi connectivity index (χ0n) is 10.1. The van der Waals surface area contributed by atoms with Crippen molar-refractivity contribution in [1.82, 2.24) is 9.62 Å². The van der Waals surface area contributed by atoms with E-state index in [9.17, 15) is 8.42 Å². The summed E-state index contributed by atoms with van der Waals surface area (Å²) in [6.45, 7) is 5.22. The smallest absolute Gasteiger partial charge is 0.244 e. The lowest BCUT2D eigenvalue weighted by atomic mass is 10.1. The highest BCUT2D eigenvalue weighted by molar-refractivity contribution is 7.89. The summed E-state index contributed by atoms with van der Waals surface area (Å²) in [5, 5.41) is 3.13. The predicted octanol–water partition coefficient (Wildman–Crippen LogP) is 1.26. The number of nitrogens with one attached hydrogen (secondary N) is 1. The minimum absolute atomic E-state index is 0.0419. The zero-order valence-corrected chi connectivity index (χ0v) is 10.9. The summed E-state index contributed by atoms with van der Waals surface area (Å²) >= 11 is 0. The average molecular weight is 254 g/mol. The van der Waals surface area contributed by atoms with Crippen LogP contribution in [0, 0.1) is 5.92 Å². The number of nitrogens with zero attached hydrogens (tertiary/aromatic N) is 1. The first kappa shape index (κ1) is 12.5. The summed E-state index contributed by atoms with van der Waals surface area (Å²) in [7, 11) is -3.36. The second-order valence-corrected chi connectivity index (χ2v) is 6.52. The van der Waals surface area contributed by atoms with Crippen molar-refractivity contribution >= 4 is 10.0 Å². The topological polar surface area (TPSA) is 49.4 Å². The third-order valence-corrected chi connectivity index (χ3v) is 5.00. The number of rotatable bonds is 3. The molecule has 1 aromatic rings. The Hall–Kier alpha value is -0.910. The van der Waals surface area contributed by atoms with Crippen molar-refractivity contribution < 1.29 is 8.42 Å². The van der Waals surface area contributed by atoms with Gasteiger partial charge in [0.2, 0.25) is 10.0 Å². The third-order valence-electron chi connectivity index (χ3n) is 3.11. The van der Waals surface area contributed by atoms with Gasteiger partial charge in [-0.1, -0.05) is 32.0 Å². The molecule has 2 rings (SSSR count). The van der Waals surface area contributed by atoms with E-state index in [1.54, 1.807) is 28.6 Å². The molecular weight excluding hydrogens is 236 g/mol. The Morgan fingerprint density at radius 3 is 2.53 bits per heavy atom. The van der Waals surface area contributed by atoms with Gasteiger partial charge in [0.1, 0.15) is 0 Å². The van der Waals surface area contributed by atoms with Crippen LogP contribution in [-0.4, -0.2) is 32.0 Å². The van der Waals surface area contributed by atoms with Crippen molar-refractivity contribution in [2.75, 3.05) is 13.2 Å². The van der Waals surface area contributed by atoms with Crippen LogP contribution in [0.1, 0.15) is 13.8 Å². The molecule has 1 unspecified atom stereocenters. The fourth-order valence-electron chi connectivity index (χ4n) is 2.10. The molecule has 5 heteroatoms. The average Bonchev–Trinajstić information content (AvgIpc) is 2.80. The molecule has 17 heavy (non-hydrogen) atoms. The fourth-order valence-corrected chi connectivity index (χ4v) is 3.81. The highest BCUT2D eigenvalue weighted by Gasteiger charge is 2.36. The van der Waals surface area contributed by atoms with Crippen molar-refractivity contribution in [1.29, 1.82) is 0 Å². The maximum absolute atomic E-state index is 12.4. The van der Waals surface area contributed by atoms with Gasteiger partial charge in [0.25, 0.3) is 0 Å². The van der Waals surface area contributed by atoms with E-state index in [4.69, 9.17) is 0 Å². The van der Waals surface area contributed by atoms with E-state index < -0.39 is 10.0 Å². The molecule has 0 amide bonds. The Balaban J connectivity index is 2.33. The van der Waals surface area contributed by atoms with Crippen molar-refractivity contribution in [2.45, 2.75) is 24.8 Å². The maximum Gasteiger partial charge on any atom is 0.244 e. The fraction of sp³-hybridized carbons (Fsp3) is 0.500. The molecule has 1 saturated heterocycles.